The molecule has 3 rings (SSSR count). The number of sulfone groups is 1. The smallest absolute Gasteiger partial charge is 0.274 e. The van der Waals surface area contributed by atoms with Crippen molar-refractivity contribution < 1.29 is 17.9 Å². The Morgan fingerprint density at radius 1 is 1.50 bits per heavy atom. The van der Waals surface area contributed by atoms with E-state index in [0.717, 1.165) is 4.47 Å². The molecular weight excluding hydrogens is 440 g/mol. The molecule has 2 aliphatic heterocycles. The molecule has 0 N–H and O–H groups in total. The molecule has 2 aliphatic rings. The number of aliphatic imine (C=N–C) groups is 1. The fourth-order valence-electron chi connectivity index (χ4n) is 2.79. The average molecular weight is 454 g/mol. The summed E-state index contributed by atoms with van der Waals surface area (Å²) in [6.07, 6.45) is 0. The first-order valence-corrected chi connectivity index (χ1v) is 10.9. The van der Waals surface area contributed by atoms with E-state index < -0.39 is 15.7 Å². The van der Waals surface area contributed by atoms with Gasteiger partial charge in [0, 0.05) is 16.8 Å². The molecule has 2 saturated heterocycles. The Hall–Kier alpha value is -0.610. The van der Waals surface area contributed by atoms with Crippen LogP contribution in [0.15, 0.2) is 27.7 Å². The number of halogens is 2. The van der Waals surface area contributed by atoms with Gasteiger partial charge in [-0.3, -0.25) is 4.79 Å². The van der Waals surface area contributed by atoms with Gasteiger partial charge < -0.3 is 9.64 Å². The summed E-state index contributed by atoms with van der Waals surface area (Å²) in [4.78, 5) is 17.7. The quantitative estimate of drug-likeness (QED) is 0.699. The predicted octanol–water partition coefficient (Wildman–Crippen LogP) is 2.35. The number of fused-ring (bicyclic) bond motifs is 1. The molecule has 1 amide bonds. The van der Waals surface area contributed by atoms with Crippen LogP contribution < -0.4 is 4.90 Å². The van der Waals surface area contributed by atoms with Crippen LogP contribution in [-0.4, -0.2) is 56.0 Å². The van der Waals surface area contributed by atoms with Crippen molar-refractivity contribution in [3.63, 3.8) is 0 Å². The van der Waals surface area contributed by atoms with E-state index in [9.17, 15) is 13.2 Å². The number of amides is 1. The third-order valence-electron chi connectivity index (χ3n) is 3.72. The van der Waals surface area contributed by atoms with Gasteiger partial charge in [0.1, 0.15) is 6.61 Å². The number of methoxy groups -OCH3 is 1. The standard InChI is InChI=1S/C14H14BrClN2O4S2/c1-22-5-13(19)17-14-18(10-3-2-8(15)4-9(10)16)11-6-24(20,21)7-12(11)23-14/h2-4,11-12H,5-7H2,1H3/t11-,12+/m1/s1. The monoisotopic (exact) mass is 452 g/mol. The van der Waals surface area contributed by atoms with Gasteiger partial charge in [-0.15, -0.1) is 0 Å². The Labute approximate surface area is 157 Å². The van der Waals surface area contributed by atoms with Gasteiger partial charge in [0.15, 0.2) is 15.0 Å². The Bertz CT molecular complexity index is 815. The number of benzene rings is 1. The van der Waals surface area contributed by atoms with Crippen molar-refractivity contribution in [2.24, 2.45) is 4.99 Å². The van der Waals surface area contributed by atoms with E-state index in [-0.39, 0.29) is 29.4 Å². The first-order chi connectivity index (χ1) is 11.3. The summed E-state index contributed by atoms with van der Waals surface area (Å²) in [5, 5.41) is 0.761. The largest absolute Gasteiger partial charge is 0.375 e. The Balaban J connectivity index is 2.03. The minimum absolute atomic E-state index is 0.0224. The van der Waals surface area contributed by atoms with E-state index >= 15 is 0 Å². The van der Waals surface area contributed by atoms with Crippen LogP contribution in [0.25, 0.3) is 0 Å². The number of hydrogen-bond acceptors (Lipinski definition) is 5. The Kier molecular flexibility index (Phi) is 5.27. The van der Waals surface area contributed by atoms with Crippen LogP contribution in [0.4, 0.5) is 5.69 Å². The van der Waals surface area contributed by atoms with Crippen molar-refractivity contribution in [1.29, 1.82) is 0 Å². The molecule has 10 heteroatoms. The van der Waals surface area contributed by atoms with Crippen LogP contribution >= 0.6 is 39.3 Å². The van der Waals surface area contributed by atoms with Crippen LogP contribution in [0, 0.1) is 0 Å². The Morgan fingerprint density at radius 3 is 2.92 bits per heavy atom. The second-order valence-corrected chi connectivity index (χ2v) is 10.2. The molecule has 0 saturated carbocycles. The van der Waals surface area contributed by atoms with Gasteiger partial charge in [-0.2, -0.15) is 4.99 Å². The van der Waals surface area contributed by atoms with Crippen molar-refractivity contribution in [1.82, 2.24) is 0 Å². The minimum atomic E-state index is -3.11. The number of thioether (sulfide) groups is 1. The molecular formula is C14H14BrClN2O4S2. The molecule has 2 atom stereocenters. The van der Waals surface area contributed by atoms with E-state index in [0.29, 0.717) is 15.9 Å². The second-order valence-electron chi connectivity index (χ2n) is 5.49. The van der Waals surface area contributed by atoms with Gasteiger partial charge in [0.2, 0.25) is 0 Å². The summed E-state index contributed by atoms with van der Waals surface area (Å²) in [5.41, 5.74) is 0.640. The number of nitrogens with zero attached hydrogens (tertiary/aromatic N) is 2. The molecule has 1 aromatic rings. The van der Waals surface area contributed by atoms with Crippen LogP contribution in [-0.2, 0) is 19.4 Å². The fourth-order valence-corrected chi connectivity index (χ4v) is 7.47. The van der Waals surface area contributed by atoms with Crippen molar-refractivity contribution >= 4 is 65.9 Å². The summed E-state index contributed by atoms with van der Waals surface area (Å²) in [6, 6.07) is 5.05. The van der Waals surface area contributed by atoms with Gasteiger partial charge in [0.05, 0.1) is 28.3 Å². The molecule has 2 heterocycles. The molecule has 0 unspecified atom stereocenters. The van der Waals surface area contributed by atoms with E-state index in [4.69, 9.17) is 16.3 Å². The lowest BCUT2D eigenvalue weighted by Crippen LogP contribution is -2.38. The number of hydrogen-bond donors (Lipinski definition) is 0. The van der Waals surface area contributed by atoms with Crippen LogP contribution in [0.2, 0.25) is 5.02 Å². The number of carbonyl (C=O) groups excluding carboxylic acids is 1. The van der Waals surface area contributed by atoms with Gasteiger partial charge in [-0.25, -0.2) is 8.42 Å². The lowest BCUT2D eigenvalue weighted by Gasteiger charge is -2.25. The molecule has 130 valence electrons. The van der Waals surface area contributed by atoms with Crippen LogP contribution in [0.3, 0.4) is 0 Å². The highest BCUT2D eigenvalue weighted by Gasteiger charge is 2.49. The number of carbonyl (C=O) groups is 1. The first kappa shape index (κ1) is 18.2. The zero-order valence-electron chi connectivity index (χ0n) is 12.6. The summed E-state index contributed by atoms with van der Waals surface area (Å²) in [6.45, 7) is -0.125. The van der Waals surface area contributed by atoms with Crippen molar-refractivity contribution in [2.45, 2.75) is 11.3 Å². The highest BCUT2D eigenvalue weighted by atomic mass is 79.9. The van der Waals surface area contributed by atoms with Crippen molar-refractivity contribution in [2.75, 3.05) is 30.1 Å². The molecule has 2 fully saturated rings. The number of rotatable bonds is 3. The molecule has 0 aromatic heterocycles. The second kappa shape index (κ2) is 6.95. The van der Waals surface area contributed by atoms with E-state index in [1.54, 1.807) is 17.0 Å². The summed E-state index contributed by atoms with van der Waals surface area (Å²) in [7, 11) is -1.69. The maximum Gasteiger partial charge on any atom is 0.274 e. The normalized spacial score (nSPS) is 26.8. The van der Waals surface area contributed by atoms with Gasteiger partial charge in [-0.05, 0) is 18.2 Å². The lowest BCUT2D eigenvalue weighted by molar-refractivity contribution is -0.121. The van der Waals surface area contributed by atoms with E-state index in [1.165, 1.54) is 18.9 Å². The first-order valence-electron chi connectivity index (χ1n) is 7.02. The Morgan fingerprint density at radius 2 is 2.25 bits per heavy atom. The fraction of sp³-hybridized carbons (Fsp3) is 0.429. The molecule has 0 aliphatic carbocycles. The highest BCUT2D eigenvalue weighted by Crippen LogP contribution is 2.43. The molecule has 0 bridgehead atoms. The minimum Gasteiger partial charge on any atom is -0.375 e. The number of ether oxygens (including phenoxy) is 1. The maximum absolute atomic E-state index is 12.0. The van der Waals surface area contributed by atoms with Gasteiger partial charge in [0.25, 0.3) is 5.91 Å². The third kappa shape index (κ3) is 3.65. The zero-order valence-corrected chi connectivity index (χ0v) is 16.6. The third-order valence-corrected chi connectivity index (χ3v) is 7.73. The molecule has 1 aromatic carbocycles. The SMILES string of the molecule is COCC(=O)N=C1S[C@H]2CS(=O)(=O)C[C@H]2N1c1ccc(Br)cc1Cl. The van der Waals surface area contributed by atoms with Crippen molar-refractivity contribution in [3.8, 4) is 0 Å². The molecule has 6 nitrogen and oxygen atoms in total. The lowest BCUT2D eigenvalue weighted by atomic mass is 10.2. The topological polar surface area (TPSA) is 76.0 Å². The molecule has 24 heavy (non-hydrogen) atoms. The summed E-state index contributed by atoms with van der Waals surface area (Å²) < 4.78 is 29.6. The zero-order chi connectivity index (χ0) is 17.5. The maximum atomic E-state index is 12.0. The van der Waals surface area contributed by atoms with Crippen LogP contribution in [0.1, 0.15) is 0 Å². The summed E-state index contributed by atoms with van der Waals surface area (Å²) in [5.74, 6) is -0.319. The average Bonchev–Trinajstić information content (AvgIpc) is 2.91. The van der Waals surface area contributed by atoms with Crippen LogP contribution in [0.5, 0.6) is 0 Å². The van der Waals surface area contributed by atoms with Crippen molar-refractivity contribution in [3.05, 3.63) is 27.7 Å². The van der Waals surface area contributed by atoms with Gasteiger partial charge in [-0.1, -0.05) is 39.3 Å². The number of anilines is 1. The number of amidine groups is 1. The van der Waals surface area contributed by atoms with E-state index in [1.807, 2.05) is 6.07 Å². The molecule has 0 radical (unpaired) electrons. The molecule has 0 spiro atoms. The highest BCUT2D eigenvalue weighted by molar-refractivity contribution is 9.10. The summed E-state index contributed by atoms with van der Waals surface area (Å²) >= 11 is 11.0. The predicted molar refractivity (Wildman–Crippen MR) is 99.8 cm³/mol. The van der Waals surface area contributed by atoms with E-state index in [2.05, 4.69) is 20.9 Å². The van der Waals surface area contributed by atoms with Gasteiger partial charge >= 0.3 is 0 Å².